The van der Waals surface area contributed by atoms with Crippen LogP contribution in [0.2, 0.25) is 5.02 Å². The van der Waals surface area contributed by atoms with Crippen molar-refractivity contribution in [2.75, 3.05) is 7.11 Å². The molecule has 26 heavy (non-hydrogen) atoms. The molecule has 0 aromatic heterocycles. The Labute approximate surface area is 155 Å². The van der Waals surface area contributed by atoms with E-state index in [1.807, 2.05) is 42.5 Å². The van der Waals surface area contributed by atoms with Crippen LogP contribution in [0.15, 0.2) is 59.7 Å². The largest absolute Gasteiger partial charge is 0.503 e. The van der Waals surface area contributed by atoms with Crippen LogP contribution in [0.4, 0.5) is 0 Å². The number of aromatic hydroxyl groups is 1. The van der Waals surface area contributed by atoms with E-state index in [2.05, 4.69) is 10.5 Å². The first-order valence-electron chi connectivity index (χ1n) is 7.93. The summed E-state index contributed by atoms with van der Waals surface area (Å²) in [6.07, 6.45) is 1.66. The van der Waals surface area contributed by atoms with Gasteiger partial charge in [0, 0.05) is 0 Å². The molecule has 0 aliphatic rings. The molecule has 132 valence electrons. The third-order valence-corrected chi connectivity index (χ3v) is 4.19. The number of hydrogen-bond acceptors (Lipinski definition) is 4. The van der Waals surface area contributed by atoms with Gasteiger partial charge in [-0.25, -0.2) is 5.43 Å². The van der Waals surface area contributed by atoms with Crippen LogP contribution in [0.25, 0.3) is 10.8 Å². The summed E-state index contributed by atoms with van der Waals surface area (Å²) in [5.74, 6) is -0.123. The molecule has 0 aliphatic heterocycles. The molecule has 0 aliphatic carbocycles. The molecule has 6 heteroatoms. The van der Waals surface area contributed by atoms with Crippen LogP contribution in [-0.4, -0.2) is 24.3 Å². The van der Waals surface area contributed by atoms with Crippen LogP contribution in [0.1, 0.15) is 11.1 Å². The van der Waals surface area contributed by atoms with Crippen molar-refractivity contribution in [2.24, 2.45) is 5.10 Å². The van der Waals surface area contributed by atoms with Crippen LogP contribution < -0.4 is 10.2 Å². The number of hydrazone groups is 1. The third kappa shape index (κ3) is 3.95. The summed E-state index contributed by atoms with van der Waals surface area (Å²) in [6, 6.07) is 16.9. The van der Waals surface area contributed by atoms with Gasteiger partial charge in [-0.15, -0.1) is 0 Å². The number of carbonyl (C=O) groups is 1. The van der Waals surface area contributed by atoms with Gasteiger partial charge in [-0.3, -0.25) is 4.79 Å². The molecule has 5 nitrogen and oxygen atoms in total. The van der Waals surface area contributed by atoms with Gasteiger partial charge in [0.1, 0.15) is 0 Å². The summed E-state index contributed by atoms with van der Waals surface area (Å²) >= 11 is 5.92. The molecular formula is C20H17ClN2O3. The molecule has 0 saturated carbocycles. The molecule has 0 atom stereocenters. The summed E-state index contributed by atoms with van der Waals surface area (Å²) < 4.78 is 5.03. The Hall–Kier alpha value is -3.05. The van der Waals surface area contributed by atoms with Crippen LogP contribution >= 0.6 is 11.6 Å². The van der Waals surface area contributed by atoms with Crippen molar-refractivity contribution in [1.82, 2.24) is 5.43 Å². The molecule has 3 aromatic rings. The second-order valence-corrected chi connectivity index (χ2v) is 6.07. The summed E-state index contributed by atoms with van der Waals surface area (Å²) in [5.41, 5.74) is 4.03. The van der Waals surface area contributed by atoms with Crippen molar-refractivity contribution in [3.8, 4) is 11.5 Å². The van der Waals surface area contributed by atoms with Crippen LogP contribution in [0.5, 0.6) is 11.5 Å². The summed E-state index contributed by atoms with van der Waals surface area (Å²) in [4.78, 5) is 12.2. The maximum Gasteiger partial charge on any atom is 0.244 e. The number of carbonyl (C=O) groups excluding carboxylic acids is 1. The van der Waals surface area contributed by atoms with E-state index in [4.69, 9.17) is 16.3 Å². The Bertz CT molecular complexity index is 981. The zero-order valence-corrected chi connectivity index (χ0v) is 14.8. The second-order valence-electron chi connectivity index (χ2n) is 5.66. The van der Waals surface area contributed by atoms with Gasteiger partial charge in [0.15, 0.2) is 11.5 Å². The van der Waals surface area contributed by atoms with Gasteiger partial charge in [0.05, 0.1) is 24.8 Å². The van der Waals surface area contributed by atoms with Crippen molar-refractivity contribution in [1.29, 1.82) is 0 Å². The standard InChI is InChI=1S/C20H17ClN2O3/c1-26-18-10-13(9-17(21)20(18)25)12-22-23-19(24)11-15-7-4-6-14-5-2-3-8-16(14)15/h2-10,12,25H,11H2,1H3,(H,23,24)/b22-12-. The zero-order valence-electron chi connectivity index (χ0n) is 14.1. The van der Waals surface area contributed by atoms with Gasteiger partial charge in [-0.1, -0.05) is 54.1 Å². The fourth-order valence-corrected chi connectivity index (χ4v) is 2.88. The average molecular weight is 369 g/mol. The highest BCUT2D eigenvalue weighted by Crippen LogP contribution is 2.34. The van der Waals surface area contributed by atoms with Crippen molar-refractivity contribution in [3.05, 3.63) is 70.7 Å². The predicted octanol–water partition coefficient (Wildman–Crippen LogP) is 3.90. The molecular weight excluding hydrogens is 352 g/mol. The molecule has 0 saturated heterocycles. The smallest absolute Gasteiger partial charge is 0.244 e. The molecule has 0 radical (unpaired) electrons. The summed E-state index contributed by atoms with van der Waals surface area (Å²) in [7, 11) is 1.43. The lowest BCUT2D eigenvalue weighted by atomic mass is 10.0. The van der Waals surface area contributed by atoms with E-state index in [0.29, 0.717) is 5.56 Å². The summed E-state index contributed by atoms with van der Waals surface area (Å²) in [5, 5.41) is 15.9. The van der Waals surface area contributed by atoms with E-state index in [-0.39, 0.29) is 28.8 Å². The predicted molar refractivity (Wildman–Crippen MR) is 103 cm³/mol. The fraction of sp³-hybridized carbons (Fsp3) is 0.100. The molecule has 0 heterocycles. The highest BCUT2D eigenvalue weighted by Gasteiger charge is 2.08. The van der Waals surface area contributed by atoms with E-state index in [0.717, 1.165) is 16.3 Å². The number of benzene rings is 3. The van der Waals surface area contributed by atoms with E-state index in [9.17, 15) is 9.90 Å². The van der Waals surface area contributed by atoms with Gasteiger partial charge in [0.25, 0.3) is 0 Å². The number of ether oxygens (including phenoxy) is 1. The molecule has 0 fully saturated rings. The topological polar surface area (TPSA) is 70.9 Å². The van der Waals surface area contributed by atoms with Crippen molar-refractivity contribution in [2.45, 2.75) is 6.42 Å². The molecule has 3 aromatic carbocycles. The highest BCUT2D eigenvalue weighted by molar-refractivity contribution is 6.32. The Morgan fingerprint density at radius 3 is 2.81 bits per heavy atom. The molecule has 0 bridgehead atoms. The lowest BCUT2D eigenvalue weighted by Gasteiger charge is -2.06. The van der Waals surface area contributed by atoms with E-state index >= 15 is 0 Å². The summed E-state index contributed by atoms with van der Waals surface area (Å²) in [6.45, 7) is 0. The second kappa shape index (κ2) is 7.89. The molecule has 3 rings (SSSR count). The van der Waals surface area contributed by atoms with Crippen LogP contribution in [-0.2, 0) is 11.2 Å². The molecule has 1 amide bonds. The average Bonchev–Trinajstić information content (AvgIpc) is 2.64. The van der Waals surface area contributed by atoms with Gasteiger partial charge in [0.2, 0.25) is 5.91 Å². The van der Waals surface area contributed by atoms with Crippen molar-refractivity contribution in [3.63, 3.8) is 0 Å². The number of nitrogens with zero attached hydrogens (tertiary/aromatic N) is 1. The van der Waals surface area contributed by atoms with E-state index < -0.39 is 0 Å². The lowest BCUT2D eigenvalue weighted by molar-refractivity contribution is -0.120. The monoisotopic (exact) mass is 368 g/mol. The first-order valence-corrected chi connectivity index (χ1v) is 8.31. The third-order valence-electron chi connectivity index (χ3n) is 3.90. The maximum absolute atomic E-state index is 12.2. The number of hydrogen-bond donors (Lipinski definition) is 2. The van der Waals surface area contributed by atoms with Gasteiger partial charge in [-0.2, -0.15) is 5.10 Å². The highest BCUT2D eigenvalue weighted by atomic mass is 35.5. The first kappa shape index (κ1) is 17.8. The first-order chi connectivity index (χ1) is 12.6. The van der Waals surface area contributed by atoms with Crippen molar-refractivity contribution >= 4 is 34.5 Å². The van der Waals surface area contributed by atoms with Gasteiger partial charge < -0.3 is 9.84 Å². The number of amides is 1. The Morgan fingerprint density at radius 2 is 2.00 bits per heavy atom. The van der Waals surface area contributed by atoms with Crippen LogP contribution in [0.3, 0.4) is 0 Å². The Balaban J connectivity index is 1.69. The normalized spacial score (nSPS) is 11.0. The quantitative estimate of drug-likeness (QED) is 0.530. The number of rotatable bonds is 5. The van der Waals surface area contributed by atoms with E-state index in [1.54, 1.807) is 6.07 Å². The Kier molecular flexibility index (Phi) is 5.39. The number of methoxy groups -OCH3 is 1. The molecule has 2 N–H and O–H groups in total. The lowest BCUT2D eigenvalue weighted by Crippen LogP contribution is -2.19. The number of fused-ring (bicyclic) bond motifs is 1. The SMILES string of the molecule is COc1cc(/C=N\NC(=O)Cc2cccc3ccccc23)cc(Cl)c1O. The minimum Gasteiger partial charge on any atom is -0.503 e. The number of phenols is 1. The number of nitrogens with one attached hydrogen (secondary N) is 1. The minimum absolute atomic E-state index is 0.133. The number of phenolic OH excluding ortho intramolecular Hbond substituents is 1. The molecule has 0 spiro atoms. The maximum atomic E-state index is 12.2. The Morgan fingerprint density at radius 1 is 1.23 bits per heavy atom. The van der Waals surface area contributed by atoms with Gasteiger partial charge >= 0.3 is 0 Å². The van der Waals surface area contributed by atoms with Crippen LogP contribution in [0, 0.1) is 0 Å². The number of halogens is 1. The van der Waals surface area contributed by atoms with Crippen molar-refractivity contribution < 1.29 is 14.6 Å². The van der Waals surface area contributed by atoms with E-state index in [1.165, 1.54) is 19.4 Å². The fourth-order valence-electron chi connectivity index (χ4n) is 2.66. The molecule has 0 unspecified atom stereocenters. The van der Waals surface area contributed by atoms with Gasteiger partial charge in [-0.05, 0) is 34.0 Å². The minimum atomic E-state index is -0.227. The zero-order chi connectivity index (χ0) is 18.5.